The maximum Gasteiger partial charge on any atom is 0.248 e. The molecule has 116 valence electrons. The molecule has 3 fully saturated rings. The molecule has 0 aromatic rings. The van der Waals surface area contributed by atoms with E-state index in [1.165, 1.54) is 13.1 Å². The van der Waals surface area contributed by atoms with Gasteiger partial charge < -0.3 is 4.90 Å². The van der Waals surface area contributed by atoms with Crippen molar-refractivity contribution < 1.29 is 8.78 Å². The van der Waals surface area contributed by atoms with E-state index in [2.05, 4.69) is 29.0 Å². The Morgan fingerprint density at radius 3 is 2.05 bits per heavy atom. The number of alkyl halides is 2. The van der Waals surface area contributed by atoms with E-state index in [4.69, 9.17) is 0 Å². The first-order valence-electron chi connectivity index (χ1n) is 7.95. The third-order valence-corrected chi connectivity index (χ3v) is 5.46. The topological polar surface area (TPSA) is 9.72 Å². The number of nitrogens with zero attached hydrogens (tertiary/aromatic N) is 3. The first kappa shape index (κ1) is 14.7. The molecule has 0 N–H and O–H groups in total. The van der Waals surface area contributed by atoms with Crippen LogP contribution >= 0.6 is 0 Å². The summed E-state index contributed by atoms with van der Waals surface area (Å²) in [6.07, 6.45) is 1.63. The summed E-state index contributed by atoms with van der Waals surface area (Å²) in [5, 5.41) is 4.62. The molecular weight excluding hydrogens is 260 g/mol. The van der Waals surface area contributed by atoms with E-state index < -0.39 is 5.92 Å². The van der Waals surface area contributed by atoms with Gasteiger partial charge in [0.1, 0.15) is 0 Å². The highest BCUT2D eigenvalue weighted by Gasteiger charge is 2.42. The lowest BCUT2D eigenvalue weighted by atomic mass is 9.86. The Morgan fingerprint density at radius 1 is 1.00 bits per heavy atom. The van der Waals surface area contributed by atoms with E-state index in [1.54, 1.807) is 0 Å². The maximum atomic E-state index is 13.2. The molecule has 0 amide bonds. The second-order valence-corrected chi connectivity index (χ2v) is 7.26. The average molecular weight is 287 g/mol. The summed E-state index contributed by atoms with van der Waals surface area (Å²) in [7, 11) is 4.22. The van der Waals surface area contributed by atoms with Gasteiger partial charge in [-0.25, -0.2) is 18.8 Å². The molecule has 2 heterocycles. The molecule has 0 aromatic carbocycles. The van der Waals surface area contributed by atoms with Crippen LogP contribution in [0, 0.1) is 17.8 Å². The molecular formula is C15H27F2N3. The first-order valence-corrected chi connectivity index (χ1v) is 7.95. The molecule has 2 aliphatic heterocycles. The fourth-order valence-corrected chi connectivity index (χ4v) is 4.19. The molecule has 0 aromatic heterocycles. The molecule has 2 saturated heterocycles. The normalized spacial score (nSPS) is 35.9. The van der Waals surface area contributed by atoms with Crippen molar-refractivity contribution >= 4 is 0 Å². The predicted molar refractivity (Wildman–Crippen MR) is 75.6 cm³/mol. The smallest absolute Gasteiger partial charge is 0.248 e. The second-order valence-electron chi connectivity index (χ2n) is 7.26. The molecule has 0 radical (unpaired) electrons. The Kier molecular flexibility index (Phi) is 4.04. The summed E-state index contributed by atoms with van der Waals surface area (Å²) in [5.74, 6) is -0.326. The lowest BCUT2D eigenvalue weighted by molar-refractivity contribution is -0.0487. The Bertz CT molecular complexity index is 324. The third kappa shape index (κ3) is 3.15. The van der Waals surface area contributed by atoms with Crippen LogP contribution < -0.4 is 0 Å². The van der Waals surface area contributed by atoms with Crippen LogP contribution in [0.3, 0.4) is 0 Å². The van der Waals surface area contributed by atoms with Gasteiger partial charge in [-0.15, -0.1) is 0 Å². The molecule has 2 atom stereocenters. The summed E-state index contributed by atoms with van der Waals surface area (Å²) in [5.41, 5.74) is 0. The summed E-state index contributed by atoms with van der Waals surface area (Å²) in [6.45, 7) is 5.71. The molecule has 1 aliphatic carbocycles. The Balaban J connectivity index is 1.44. The molecule has 20 heavy (non-hydrogen) atoms. The number of rotatable bonds is 3. The Labute approximate surface area is 120 Å². The highest BCUT2D eigenvalue weighted by molar-refractivity contribution is 4.93. The third-order valence-electron chi connectivity index (χ3n) is 5.46. The quantitative estimate of drug-likeness (QED) is 0.787. The number of hydrogen-bond donors (Lipinski definition) is 0. The monoisotopic (exact) mass is 287 g/mol. The molecule has 0 bridgehead atoms. The van der Waals surface area contributed by atoms with Crippen molar-refractivity contribution in [1.82, 2.24) is 14.9 Å². The minimum absolute atomic E-state index is 0.104. The van der Waals surface area contributed by atoms with Crippen molar-refractivity contribution in [1.29, 1.82) is 0 Å². The van der Waals surface area contributed by atoms with Crippen molar-refractivity contribution in [3.05, 3.63) is 0 Å². The summed E-state index contributed by atoms with van der Waals surface area (Å²) < 4.78 is 26.3. The highest BCUT2D eigenvalue weighted by Crippen LogP contribution is 2.38. The molecule has 3 nitrogen and oxygen atoms in total. The highest BCUT2D eigenvalue weighted by atomic mass is 19.3. The van der Waals surface area contributed by atoms with Gasteiger partial charge in [-0.2, -0.15) is 0 Å². The van der Waals surface area contributed by atoms with Crippen LogP contribution in [0.2, 0.25) is 0 Å². The van der Waals surface area contributed by atoms with Crippen LogP contribution in [-0.4, -0.2) is 67.7 Å². The number of hydrogen-bond acceptors (Lipinski definition) is 3. The standard InChI is InChI=1S/C15H27F2N3/c1-18(2)20-10-13-8-19(9-14(13)11-20)7-12-3-5-15(16,17)6-4-12/h12-14H,3-11H2,1-2H3. The molecule has 0 spiro atoms. The molecule has 5 heteroatoms. The zero-order valence-electron chi connectivity index (χ0n) is 12.7. The lowest BCUT2D eigenvalue weighted by Crippen LogP contribution is -2.39. The number of halogens is 2. The molecule has 2 unspecified atom stereocenters. The van der Waals surface area contributed by atoms with Gasteiger partial charge in [0.05, 0.1) is 0 Å². The zero-order valence-corrected chi connectivity index (χ0v) is 12.7. The van der Waals surface area contributed by atoms with E-state index in [0.717, 1.165) is 31.5 Å². The number of fused-ring (bicyclic) bond motifs is 1. The van der Waals surface area contributed by atoms with E-state index in [1.807, 2.05) is 0 Å². The van der Waals surface area contributed by atoms with E-state index in [9.17, 15) is 8.78 Å². The SMILES string of the molecule is CN(C)N1CC2CN(CC3CCC(F)(F)CC3)CC2C1. The van der Waals surface area contributed by atoms with Crippen LogP contribution in [0.25, 0.3) is 0 Å². The van der Waals surface area contributed by atoms with Gasteiger partial charge in [0.15, 0.2) is 0 Å². The van der Waals surface area contributed by atoms with Crippen LogP contribution in [0.15, 0.2) is 0 Å². The second kappa shape index (κ2) is 5.50. The Hall–Kier alpha value is -0.260. The summed E-state index contributed by atoms with van der Waals surface area (Å²) in [6, 6.07) is 0. The van der Waals surface area contributed by atoms with Crippen molar-refractivity contribution in [2.45, 2.75) is 31.6 Å². The molecule has 3 aliphatic rings. The van der Waals surface area contributed by atoms with Gasteiger partial charge in [0.2, 0.25) is 5.92 Å². The zero-order chi connectivity index (χ0) is 14.3. The number of likely N-dealkylation sites (tertiary alicyclic amines) is 1. The van der Waals surface area contributed by atoms with Gasteiger partial charge in [-0.05, 0) is 30.6 Å². The van der Waals surface area contributed by atoms with E-state index in [-0.39, 0.29) is 12.8 Å². The largest absolute Gasteiger partial charge is 0.302 e. The van der Waals surface area contributed by atoms with Crippen LogP contribution in [0.4, 0.5) is 8.78 Å². The van der Waals surface area contributed by atoms with Crippen molar-refractivity contribution in [3.63, 3.8) is 0 Å². The summed E-state index contributed by atoms with van der Waals surface area (Å²) in [4.78, 5) is 2.54. The number of hydrazine groups is 1. The van der Waals surface area contributed by atoms with Gasteiger partial charge in [0, 0.05) is 59.7 Å². The lowest BCUT2D eigenvalue weighted by Gasteiger charge is -2.32. The molecule has 1 saturated carbocycles. The maximum absolute atomic E-state index is 13.2. The minimum Gasteiger partial charge on any atom is -0.302 e. The van der Waals surface area contributed by atoms with Gasteiger partial charge in [0.25, 0.3) is 0 Å². The average Bonchev–Trinajstić information content (AvgIpc) is 2.89. The van der Waals surface area contributed by atoms with E-state index >= 15 is 0 Å². The van der Waals surface area contributed by atoms with Gasteiger partial charge >= 0.3 is 0 Å². The Morgan fingerprint density at radius 2 is 1.55 bits per heavy atom. The van der Waals surface area contributed by atoms with Crippen LogP contribution in [-0.2, 0) is 0 Å². The van der Waals surface area contributed by atoms with Crippen molar-refractivity contribution in [3.8, 4) is 0 Å². The predicted octanol–water partition coefficient (Wildman–Crippen LogP) is 2.15. The van der Waals surface area contributed by atoms with Gasteiger partial charge in [-0.1, -0.05) is 0 Å². The van der Waals surface area contributed by atoms with Crippen molar-refractivity contribution in [2.75, 3.05) is 46.8 Å². The fourth-order valence-electron chi connectivity index (χ4n) is 4.19. The fraction of sp³-hybridized carbons (Fsp3) is 1.00. The summed E-state index contributed by atoms with van der Waals surface area (Å²) >= 11 is 0. The first-order chi connectivity index (χ1) is 9.43. The minimum atomic E-state index is -2.38. The van der Waals surface area contributed by atoms with Crippen LogP contribution in [0.1, 0.15) is 25.7 Å². The van der Waals surface area contributed by atoms with Crippen molar-refractivity contribution in [2.24, 2.45) is 17.8 Å². The molecule has 3 rings (SSSR count). The van der Waals surface area contributed by atoms with Gasteiger partial charge in [-0.3, -0.25) is 0 Å². The van der Waals surface area contributed by atoms with Crippen LogP contribution in [0.5, 0.6) is 0 Å². The van der Waals surface area contributed by atoms with E-state index in [0.29, 0.717) is 18.8 Å².